The highest BCUT2D eigenvalue weighted by atomic mass is 16.5. The summed E-state index contributed by atoms with van der Waals surface area (Å²) in [5, 5.41) is 0. The Hall–Kier alpha value is -2.04. The van der Waals surface area contributed by atoms with Gasteiger partial charge in [-0.2, -0.15) is 0 Å². The first-order valence-corrected chi connectivity index (χ1v) is 8.69. The molecule has 132 valence electrons. The number of piperidine rings is 1. The number of esters is 1. The summed E-state index contributed by atoms with van der Waals surface area (Å²) < 4.78 is 10.7. The van der Waals surface area contributed by atoms with Gasteiger partial charge in [-0.15, -0.1) is 0 Å². The summed E-state index contributed by atoms with van der Waals surface area (Å²) >= 11 is 0. The van der Waals surface area contributed by atoms with E-state index in [-0.39, 0.29) is 23.9 Å². The smallest absolute Gasteiger partial charge is 0.309 e. The van der Waals surface area contributed by atoms with Gasteiger partial charge in [0.1, 0.15) is 5.75 Å². The number of hydrogen-bond acceptors (Lipinski definition) is 4. The Kier molecular flexibility index (Phi) is 6.64. The van der Waals surface area contributed by atoms with Crippen LogP contribution in [0.15, 0.2) is 24.3 Å². The molecule has 5 heteroatoms. The molecule has 1 heterocycles. The molecule has 0 radical (unpaired) electrons. The van der Waals surface area contributed by atoms with E-state index in [2.05, 4.69) is 0 Å². The lowest BCUT2D eigenvalue weighted by Gasteiger charge is -2.31. The van der Waals surface area contributed by atoms with Crippen molar-refractivity contribution in [3.05, 3.63) is 29.8 Å². The van der Waals surface area contributed by atoms with E-state index in [0.717, 1.165) is 11.3 Å². The van der Waals surface area contributed by atoms with E-state index >= 15 is 0 Å². The maximum atomic E-state index is 12.4. The van der Waals surface area contributed by atoms with Crippen LogP contribution >= 0.6 is 0 Å². The second-order valence-electron chi connectivity index (χ2n) is 6.39. The van der Waals surface area contributed by atoms with Crippen LogP contribution in [0.4, 0.5) is 0 Å². The number of carbonyl (C=O) groups is 2. The molecule has 0 atom stereocenters. The fourth-order valence-electron chi connectivity index (χ4n) is 2.87. The Morgan fingerprint density at radius 1 is 1.17 bits per heavy atom. The molecular formula is C19H27NO4. The Balaban J connectivity index is 1.82. The van der Waals surface area contributed by atoms with Crippen molar-refractivity contribution >= 4 is 11.9 Å². The van der Waals surface area contributed by atoms with E-state index in [9.17, 15) is 9.59 Å². The number of rotatable bonds is 6. The molecule has 24 heavy (non-hydrogen) atoms. The number of benzene rings is 1. The first kappa shape index (κ1) is 18.3. The summed E-state index contributed by atoms with van der Waals surface area (Å²) in [5.74, 6) is 0.720. The van der Waals surface area contributed by atoms with Crippen LogP contribution in [0, 0.1) is 5.92 Å². The van der Waals surface area contributed by atoms with Gasteiger partial charge < -0.3 is 14.4 Å². The summed E-state index contributed by atoms with van der Waals surface area (Å²) in [4.78, 5) is 26.0. The summed E-state index contributed by atoms with van der Waals surface area (Å²) in [6.07, 6.45) is 1.89. The van der Waals surface area contributed by atoms with Crippen LogP contribution in [0.25, 0.3) is 0 Å². The van der Waals surface area contributed by atoms with Crippen LogP contribution in [0.3, 0.4) is 0 Å². The molecule has 1 aromatic rings. The average molecular weight is 333 g/mol. The van der Waals surface area contributed by atoms with E-state index in [1.807, 2.05) is 49.9 Å². The third-order valence-electron chi connectivity index (χ3n) is 4.12. The van der Waals surface area contributed by atoms with E-state index in [1.54, 1.807) is 0 Å². The largest absolute Gasteiger partial charge is 0.491 e. The molecule has 1 fully saturated rings. The molecule has 1 aromatic carbocycles. The maximum Gasteiger partial charge on any atom is 0.309 e. The van der Waals surface area contributed by atoms with E-state index < -0.39 is 0 Å². The van der Waals surface area contributed by atoms with Crippen molar-refractivity contribution in [3.63, 3.8) is 0 Å². The molecular weight excluding hydrogens is 306 g/mol. The molecule has 0 N–H and O–H groups in total. The number of likely N-dealkylation sites (tertiary alicyclic amines) is 1. The highest BCUT2D eigenvalue weighted by Crippen LogP contribution is 2.20. The average Bonchev–Trinajstić information content (AvgIpc) is 2.56. The summed E-state index contributed by atoms with van der Waals surface area (Å²) in [6.45, 7) is 7.44. The van der Waals surface area contributed by atoms with E-state index in [1.165, 1.54) is 0 Å². The van der Waals surface area contributed by atoms with Gasteiger partial charge in [0.15, 0.2) is 0 Å². The first-order chi connectivity index (χ1) is 11.5. The van der Waals surface area contributed by atoms with Crippen molar-refractivity contribution in [3.8, 4) is 5.75 Å². The number of amides is 1. The minimum atomic E-state index is -0.134. The van der Waals surface area contributed by atoms with Crippen molar-refractivity contribution in [2.75, 3.05) is 19.7 Å². The van der Waals surface area contributed by atoms with Crippen molar-refractivity contribution in [1.82, 2.24) is 4.90 Å². The molecule has 0 bridgehead atoms. The lowest BCUT2D eigenvalue weighted by Crippen LogP contribution is -2.41. The summed E-state index contributed by atoms with van der Waals surface area (Å²) in [6, 6.07) is 7.66. The SMILES string of the molecule is CCOC(=O)C1CCN(C(=O)Cc2ccc(OC(C)C)cc2)CC1. The van der Waals surface area contributed by atoms with Crippen molar-refractivity contribution in [1.29, 1.82) is 0 Å². The van der Waals surface area contributed by atoms with Crippen LogP contribution in [-0.2, 0) is 20.7 Å². The predicted octanol–water partition coefficient (Wildman–Crippen LogP) is 2.82. The lowest BCUT2D eigenvalue weighted by molar-refractivity contribution is -0.151. The number of hydrogen-bond donors (Lipinski definition) is 0. The van der Waals surface area contributed by atoms with Crippen LogP contribution in [0.1, 0.15) is 39.2 Å². The predicted molar refractivity (Wildman–Crippen MR) is 91.8 cm³/mol. The van der Waals surface area contributed by atoms with Gasteiger partial charge in [-0.3, -0.25) is 9.59 Å². The molecule has 1 aliphatic rings. The van der Waals surface area contributed by atoms with Gasteiger partial charge in [0, 0.05) is 13.1 Å². The molecule has 0 spiro atoms. The molecule has 2 rings (SSSR count). The highest BCUT2D eigenvalue weighted by Gasteiger charge is 2.28. The molecule has 1 amide bonds. The second kappa shape index (κ2) is 8.71. The van der Waals surface area contributed by atoms with Gasteiger partial charge in [0.05, 0.1) is 25.0 Å². The summed E-state index contributed by atoms with van der Waals surface area (Å²) in [7, 11) is 0. The topological polar surface area (TPSA) is 55.8 Å². The molecule has 0 unspecified atom stereocenters. The van der Waals surface area contributed by atoms with Crippen molar-refractivity contribution < 1.29 is 19.1 Å². The fourth-order valence-corrected chi connectivity index (χ4v) is 2.87. The van der Waals surface area contributed by atoms with Crippen LogP contribution in [0.5, 0.6) is 5.75 Å². The zero-order valence-electron chi connectivity index (χ0n) is 14.8. The van der Waals surface area contributed by atoms with Gasteiger partial charge in [-0.05, 0) is 51.3 Å². The minimum Gasteiger partial charge on any atom is -0.491 e. The van der Waals surface area contributed by atoms with Crippen LogP contribution in [-0.4, -0.2) is 42.6 Å². The normalized spacial score (nSPS) is 15.4. The third kappa shape index (κ3) is 5.25. The second-order valence-corrected chi connectivity index (χ2v) is 6.39. The van der Waals surface area contributed by atoms with Gasteiger partial charge in [0.2, 0.25) is 5.91 Å². The van der Waals surface area contributed by atoms with Crippen molar-refractivity contribution in [2.45, 2.75) is 46.1 Å². The van der Waals surface area contributed by atoms with Gasteiger partial charge >= 0.3 is 5.97 Å². The fraction of sp³-hybridized carbons (Fsp3) is 0.579. The lowest BCUT2D eigenvalue weighted by atomic mass is 9.96. The number of nitrogens with zero attached hydrogens (tertiary/aromatic N) is 1. The number of carbonyl (C=O) groups excluding carboxylic acids is 2. The van der Waals surface area contributed by atoms with Gasteiger partial charge in [-0.25, -0.2) is 0 Å². The van der Waals surface area contributed by atoms with E-state index in [0.29, 0.717) is 39.0 Å². The zero-order chi connectivity index (χ0) is 17.5. The molecule has 0 saturated carbocycles. The zero-order valence-corrected chi connectivity index (χ0v) is 14.8. The molecule has 5 nitrogen and oxygen atoms in total. The molecule has 1 aliphatic heterocycles. The van der Waals surface area contributed by atoms with Crippen LogP contribution in [0.2, 0.25) is 0 Å². The van der Waals surface area contributed by atoms with Crippen molar-refractivity contribution in [2.24, 2.45) is 5.92 Å². The molecule has 0 aliphatic carbocycles. The Bertz CT molecular complexity index is 545. The Morgan fingerprint density at radius 2 is 1.79 bits per heavy atom. The van der Waals surface area contributed by atoms with Crippen LogP contribution < -0.4 is 4.74 Å². The molecule has 0 aromatic heterocycles. The standard InChI is InChI=1S/C19H27NO4/c1-4-23-19(22)16-9-11-20(12-10-16)18(21)13-15-5-7-17(8-6-15)24-14(2)3/h5-8,14,16H,4,9-13H2,1-3H3. The Labute approximate surface area is 143 Å². The third-order valence-corrected chi connectivity index (χ3v) is 4.12. The minimum absolute atomic E-state index is 0.0681. The van der Waals surface area contributed by atoms with E-state index in [4.69, 9.17) is 9.47 Å². The quantitative estimate of drug-likeness (QED) is 0.751. The van der Waals surface area contributed by atoms with Gasteiger partial charge in [-0.1, -0.05) is 12.1 Å². The Morgan fingerprint density at radius 3 is 2.33 bits per heavy atom. The highest BCUT2D eigenvalue weighted by molar-refractivity contribution is 5.79. The monoisotopic (exact) mass is 333 g/mol. The molecule has 1 saturated heterocycles. The number of ether oxygens (including phenoxy) is 2. The summed E-state index contributed by atoms with van der Waals surface area (Å²) in [5.41, 5.74) is 0.976. The van der Waals surface area contributed by atoms with Gasteiger partial charge in [0.25, 0.3) is 0 Å². The first-order valence-electron chi connectivity index (χ1n) is 8.69. The maximum absolute atomic E-state index is 12.4.